The Labute approximate surface area is 96.5 Å². The molecular weight excluding hydrogens is 198 g/mol. The van der Waals surface area contributed by atoms with Crippen LogP contribution in [0.3, 0.4) is 0 Å². The largest absolute Gasteiger partial charge is 0.369 e. The lowest BCUT2D eigenvalue weighted by Gasteiger charge is -2.29. The van der Waals surface area contributed by atoms with E-state index >= 15 is 0 Å². The van der Waals surface area contributed by atoms with Crippen molar-refractivity contribution >= 4 is 6.08 Å². The molecule has 1 N–H and O–H groups in total. The van der Waals surface area contributed by atoms with E-state index in [2.05, 4.69) is 33.9 Å². The van der Waals surface area contributed by atoms with E-state index in [1.54, 1.807) is 6.20 Å². The topological polar surface area (TPSA) is 28.2 Å². The van der Waals surface area contributed by atoms with E-state index < -0.39 is 0 Å². The van der Waals surface area contributed by atoms with Crippen LogP contribution in [0.4, 0.5) is 0 Å². The summed E-state index contributed by atoms with van der Waals surface area (Å²) >= 11 is 0. The minimum absolute atomic E-state index is 1.04. The maximum Gasteiger partial charge on any atom is 0.0340 e. The summed E-state index contributed by atoms with van der Waals surface area (Å²) < 4.78 is 0. The Kier molecular flexibility index (Phi) is 3.72. The monoisotopic (exact) mass is 215 g/mol. The van der Waals surface area contributed by atoms with Crippen LogP contribution in [0.5, 0.6) is 0 Å². The summed E-state index contributed by atoms with van der Waals surface area (Å²) in [7, 11) is 0. The number of allylic oxidation sites excluding steroid dienone is 1. The van der Waals surface area contributed by atoms with Crippen molar-refractivity contribution in [3.63, 3.8) is 0 Å². The highest BCUT2D eigenvalue weighted by atomic mass is 15.2. The number of aromatic nitrogens is 1. The molecule has 1 aliphatic rings. The first-order valence-electron chi connectivity index (χ1n) is 5.59. The molecule has 2 rings (SSSR count). The Bertz CT molecular complexity index is 364. The molecule has 1 aromatic heterocycles. The van der Waals surface area contributed by atoms with Gasteiger partial charge < -0.3 is 10.2 Å². The van der Waals surface area contributed by atoms with Crippen LogP contribution in [0, 0.1) is 0 Å². The van der Waals surface area contributed by atoms with Crippen molar-refractivity contribution in [3.05, 3.63) is 48.4 Å². The van der Waals surface area contributed by atoms with Gasteiger partial charge in [0.15, 0.2) is 0 Å². The van der Waals surface area contributed by atoms with Crippen LogP contribution < -0.4 is 5.32 Å². The van der Waals surface area contributed by atoms with Gasteiger partial charge in [-0.3, -0.25) is 4.98 Å². The Morgan fingerprint density at radius 2 is 2.25 bits per heavy atom. The van der Waals surface area contributed by atoms with Crippen LogP contribution in [0.25, 0.3) is 6.08 Å². The molecule has 1 aliphatic heterocycles. The molecule has 0 atom stereocenters. The normalized spacial score (nSPS) is 16.6. The number of rotatable bonds is 3. The zero-order valence-electron chi connectivity index (χ0n) is 9.39. The van der Waals surface area contributed by atoms with Crippen molar-refractivity contribution in [2.45, 2.75) is 0 Å². The molecule has 0 bridgehead atoms. The lowest BCUT2D eigenvalue weighted by Crippen LogP contribution is -2.42. The average molecular weight is 215 g/mol. The molecule has 0 aliphatic carbocycles. The molecule has 16 heavy (non-hydrogen) atoms. The van der Waals surface area contributed by atoms with E-state index in [0.717, 1.165) is 37.4 Å². The predicted molar refractivity (Wildman–Crippen MR) is 66.9 cm³/mol. The van der Waals surface area contributed by atoms with Crippen LogP contribution in [0.15, 0.2) is 42.9 Å². The maximum atomic E-state index is 4.08. The highest BCUT2D eigenvalue weighted by molar-refractivity contribution is 5.50. The first-order valence-corrected chi connectivity index (χ1v) is 5.59. The number of hydrogen-bond donors (Lipinski definition) is 1. The summed E-state index contributed by atoms with van der Waals surface area (Å²) in [6.45, 7) is 8.24. The van der Waals surface area contributed by atoms with E-state index in [-0.39, 0.29) is 0 Å². The third-order valence-electron chi connectivity index (χ3n) is 2.68. The second-order valence-electron chi connectivity index (χ2n) is 3.85. The molecule has 0 radical (unpaired) electrons. The van der Waals surface area contributed by atoms with Gasteiger partial charge in [-0.25, -0.2) is 0 Å². The van der Waals surface area contributed by atoms with E-state index in [1.165, 1.54) is 0 Å². The number of piperazine rings is 1. The van der Waals surface area contributed by atoms with Crippen LogP contribution in [0.1, 0.15) is 5.56 Å². The fourth-order valence-electron chi connectivity index (χ4n) is 1.72. The lowest BCUT2D eigenvalue weighted by atomic mass is 10.2. The van der Waals surface area contributed by atoms with E-state index in [1.807, 2.05) is 18.3 Å². The third-order valence-corrected chi connectivity index (χ3v) is 2.68. The smallest absolute Gasteiger partial charge is 0.0340 e. The van der Waals surface area contributed by atoms with Crippen LogP contribution in [-0.2, 0) is 0 Å². The van der Waals surface area contributed by atoms with E-state index in [0.29, 0.717) is 0 Å². The summed E-state index contributed by atoms with van der Waals surface area (Å²) in [6.07, 6.45) is 7.74. The van der Waals surface area contributed by atoms with Crippen molar-refractivity contribution < 1.29 is 0 Å². The summed E-state index contributed by atoms with van der Waals surface area (Å²) in [5.41, 5.74) is 2.18. The number of hydrogen-bond acceptors (Lipinski definition) is 3. The Morgan fingerprint density at radius 3 is 2.94 bits per heavy atom. The van der Waals surface area contributed by atoms with Crippen LogP contribution >= 0.6 is 0 Å². The standard InChI is InChI=1S/C13H17N3/c1-12(16-9-7-14-8-10-16)4-5-13-3-2-6-15-11-13/h2-6,11,14H,1,7-10H2/b5-4+. The van der Waals surface area contributed by atoms with Crippen molar-refractivity contribution in [2.24, 2.45) is 0 Å². The first-order chi connectivity index (χ1) is 7.86. The van der Waals surface area contributed by atoms with E-state index in [4.69, 9.17) is 0 Å². The van der Waals surface area contributed by atoms with Gasteiger partial charge in [0.2, 0.25) is 0 Å². The van der Waals surface area contributed by atoms with Gasteiger partial charge in [-0.1, -0.05) is 18.7 Å². The lowest BCUT2D eigenvalue weighted by molar-refractivity contribution is 0.308. The average Bonchev–Trinajstić information content (AvgIpc) is 2.38. The van der Waals surface area contributed by atoms with E-state index in [9.17, 15) is 0 Å². The Balaban J connectivity index is 1.93. The van der Waals surface area contributed by atoms with Crippen LogP contribution in [-0.4, -0.2) is 36.1 Å². The van der Waals surface area contributed by atoms with Gasteiger partial charge >= 0.3 is 0 Å². The summed E-state index contributed by atoms with van der Waals surface area (Å²) in [5.74, 6) is 0. The molecule has 2 heterocycles. The van der Waals surface area contributed by atoms with Crippen molar-refractivity contribution in [2.75, 3.05) is 26.2 Å². The molecular formula is C13H17N3. The quantitative estimate of drug-likeness (QED) is 0.775. The van der Waals surface area contributed by atoms with Gasteiger partial charge in [0.25, 0.3) is 0 Å². The SMILES string of the molecule is C=C(/C=C/c1cccnc1)N1CCNCC1. The number of pyridine rings is 1. The molecule has 1 fully saturated rings. The molecule has 1 aromatic rings. The molecule has 0 unspecified atom stereocenters. The second-order valence-corrected chi connectivity index (χ2v) is 3.85. The van der Waals surface area contributed by atoms with Gasteiger partial charge in [0.05, 0.1) is 0 Å². The van der Waals surface area contributed by atoms with Gasteiger partial charge in [-0.2, -0.15) is 0 Å². The Morgan fingerprint density at radius 1 is 1.44 bits per heavy atom. The van der Waals surface area contributed by atoms with Crippen molar-refractivity contribution in [1.29, 1.82) is 0 Å². The summed E-state index contributed by atoms with van der Waals surface area (Å²) in [6, 6.07) is 3.97. The fourth-order valence-corrected chi connectivity index (χ4v) is 1.72. The highest BCUT2D eigenvalue weighted by Gasteiger charge is 2.08. The number of nitrogens with zero attached hydrogens (tertiary/aromatic N) is 2. The van der Waals surface area contributed by atoms with Crippen LogP contribution in [0.2, 0.25) is 0 Å². The molecule has 0 amide bonds. The predicted octanol–water partition coefficient (Wildman–Crippen LogP) is 1.51. The molecule has 84 valence electrons. The van der Waals surface area contributed by atoms with Crippen molar-refractivity contribution in [1.82, 2.24) is 15.2 Å². The zero-order chi connectivity index (χ0) is 11.2. The van der Waals surface area contributed by atoms with Gasteiger partial charge in [-0.05, 0) is 17.7 Å². The minimum Gasteiger partial charge on any atom is -0.369 e. The Hall–Kier alpha value is -1.61. The molecule has 0 saturated carbocycles. The highest BCUT2D eigenvalue weighted by Crippen LogP contribution is 2.07. The third kappa shape index (κ3) is 2.94. The molecule has 3 heteroatoms. The number of nitrogens with one attached hydrogen (secondary N) is 1. The first kappa shape index (κ1) is 10.9. The summed E-state index contributed by atoms with van der Waals surface area (Å²) in [5, 5.41) is 3.33. The minimum atomic E-state index is 1.04. The fraction of sp³-hybridized carbons (Fsp3) is 0.308. The van der Waals surface area contributed by atoms with Gasteiger partial charge in [0.1, 0.15) is 0 Å². The molecule has 0 aromatic carbocycles. The summed E-state index contributed by atoms with van der Waals surface area (Å²) in [4.78, 5) is 6.37. The molecule has 0 spiro atoms. The molecule has 3 nitrogen and oxygen atoms in total. The maximum absolute atomic E-state index is 4.08. The second kappa shape index (κ2) is 5.47. The zero-order valence-corrected chi connectivity index (χ0v) is 9.39. The van der Waals surface area contributed by atoms with Crippen molar-refractivity contribution in [3.8, 4) is 0 Å². The molecule has 1 saturated heterocycles. The van der Waals surface area contributed by atoms with Gasteiger partial charge in [-0.15, -0.1) is 0 Å². The van der Waals surface area contributed by atoms with Gasteiger partial charge in [0, 0.05) is 44.3 Å².